The standard InChI is InChI=1S/C19H34N4O/c1-6-16-9-11-17(12-10-16)18(23(4)5)15-22-19(20-7-2)21-13-14-24-8-3/h9-12,18H,6-8,13-15H2,1-5H3,(H2,20,21,22). The van der Waals surface area contributed by atoms with E-state index < -0.39 is 0 Å². The monoisotopic (exact) mass is 334 g/mol. The number of hydrogen-bond donors (Lipinski definition) is 2. The Kier molecular flexibility index (Phi) is 10.1. The molecule has 0 aliphatic heterocycles. The van der Waals surface area contributed by atoms with Crippen LogP contribution in [0.1, 0.15) is 37.9 Å². The van der Waals surface area contributed by atoms with Crippen LogP contribution < -0.4 is 10.6 Å². The minimum absolute atomic E-state index is 0.262. The topological polar surface area (TPSA) is 48.9 Å². The lowest BCUT2D eigenvalue weighted by molar-refractivity contribution is 0.152. The first-order valence-corrected chi connectivity index (χ1v) is 8.97. The van der Waals surface area contributed by atoms with E-state index in [1.165, 1.54) is 11.1 Å². The van der Waals surface area contributed by atoms with E-state index in [-0.39, 0.29) is 6.04 Å². The van der Waals surface area contributed by atoms with Crippen molar-refractivity contribution in [2.45, 2.75) is 33.2 Å². The van der Waals surface area contributed by atoms with Crippen LogP contribution in [0.15, 0.2) is 29.3 Å². The van der Waals surface area contributed by atoms with Crippen LogP contribution in [0.5, 0.6) is 0 Å². The van der Waals surface area contributed by atoms with Gasteiger partial charge in [-0.25, -0.2) is 0 Å². The fourth-order valence-electron chi connectivity index (χ4n) is 2.45. The maximum atomic E-state index is 5.36. The van der Waals surface area contributed by atoms with Gasteiger partial charge < -0.3 is 20.3 Å². The molecule has 0 fully saturated rings. The highest BCUT2D eigenvalue weighted by Gasteiger charge is 2.14. The van der Waals surface area contributed by atoms with Crippen LogP contribution in [0.4, 0.5) is 0 Å². The highest BCUT2D eigenvalue weighted by Crippen LogP contribution is 2.19. The molecule has 5 nitrogen and oxygen atoms in total. The maximum absolute atomic E-state index is 5.36. The lowest BCUT2D eigenvalue weighted by Crippen LogP contribution is -2.39. The molecule has 0 radical (unpaired) electrons. The second-order valence-corrected chi connectivity index (χ2v) is 5.92. The summed E-state index contributed by atoms with van der Waals surface area (Å²) in [4.78, 5) is 6.97. The molecule has 0 saturated carbocycles. The predicted molar refractivity (Wildman–Crippen MR) is 103 cm³/mol. The Morgan fingerprint density at radius 3 is 2.38 bits per heavy atom. The molecule has 2 N–H and O–H groups in total. The van der Waals surface area contributed by atoms with Gasteiger partial charge in [0.05, 0.1) is 19.2 Å². The van der Waals surface area contributed by atoms with Crippen molar-refractivity contribution in [2.24, 2.45) is 4.99 Å². The predicted octanol–water partition coefficient (Wildman–Crippen LogP) is 2.44. The van der Waals surface area contributed by atoms with E-state index >= 15 is 0 Å². The summed E-state index contributed by atoms with van der Waals surface area (Å²) >= 11 is 0. The van der Waals surface area contributed by atoms with Crippen LogP contribution in [0, 0.1) is 0 Å². The molecule has 5 heteroatoms. The summed E-state index contributed by atoms with van der Waals surface area (Å²) < 4.78 is 5.36. The summed E-state index contributed by atoms with van der Waals surface area (Å²) in [7, 11) is 4.20. The number of nitrogens with one attached hydrogen (secondary N) is 2. The van der Waals surface area contributed by atoms with Gasteiger partial charge in [-0.3, -0.25) is 4.99 Å². The molecule has 0 spiro atoms. The molecule has 136 valence electrons. The molecule has 1 unspecified atom stereocenters. The molecule has 1 aromatic carbocycles. The number of aryl methyl sites for hydroxylation is 1. The lowest BCUT2D eigenvalue weighted by Gasteiger charge is -2.24. The van der Waals surface area contributed by atoms with E-state index in [1.807, 2.05) is 6.92 Å². The molecule has 0 aromatic heterocycles. The minimum Gasteiger partial charge on any atom is -0.380 e. The molecule has 1 rings (SSSR count). The van der Waals surface area contributed by atoms with Crippen LogP contribution in [0.25, 0.3) is 0 Å². The van der Waals surface area contributed by atoms with Crippen molar-refractivity contribution in [2.75, 3.05) is 46.9 Å². The van der Waals surface area contributed by atoms with Gasteiger partial charge in [0.1, 0.15) is 0 Å². The average molecular weight is 335 g/mol. The molecule has 0 aliphatic rings. The third kappa shape index (κ3) is 7.32. The van der Waals surface area contributed by atoms with E-state index in [0.29, 0.717) is 13.2 Å². The summed E-state index contributed by atoms with van der Waals surface area (Å²) in [6, 6.07) is 9.11. The summed E-state index contributed by atoms with van der Waals surface area (Å²) in [6.45, 7) is 10.0. The molecular formula is C19H34N4O. The third-order valence-electron chi connectivity index (χ3n) is 3.91. The summed E-state index contributed by atoms with van der Waals surface area (Å²) in [6.07, 6.45) is 1.07. The smallest absolute Gasteiger partial charge is 0.191 e. The van der Waals surface area contributed by atoms with Crippen molar-refractivity contribution < 1.29 is 4.74 Å². The van der Waals surface area contributed by atoms with Crippen LogP contribution in [0.3, 0.4) is 0 Å². The van der Waals surface area contributed by atoms with E-state index in [2.05, 4.69) is 67.7 Å². The van der Waals surface area contributed by atoms with Gasteiger partial charge in [0.15, 0.2) is 5.96 Å². The van der Waals surface area contributed by atoms with Crippen LogP contribution in [-0.2, 0) is 11.2 Å². The zero-order valence-electron chi connectivity index (χ0n) is 15.9. The maximum Gasteiger partial charge on any atom is 0.191 e. The number of hydrogen-bond acceptors (Lipinski definition) is 3. The minimum atomic E-state index is 0.262. The molecule has 0 heterocycles. The summed E-state index contributed by atoms with van der Waals surface area (Å²) in [5.74, 6) is 0.842. The molecule has 0 amide bonds. The van der Waals surface area contributed by atoms with Gasteiger partial charge in [0.2, 0.25) is 0 Å². The van der Waals surface area contributed by atoms with Crippen molar-refractivity contribution in [3.05, 3.63) is 35.4 Å². The number of likely N-dealkylation sites (N-methyl/N-ethyl adjacent to an activating group) is 1. The summed E-state index contributed by atoms with van der Waals surface area (Å²) in [5.41, 5.74) is 2.66. The first kappa shape index (κ1) is 20.5. The van der Waals surface area contributed by atoms with Crippen LogP contribution in [-0.4, -0.2) is 57.8 Å². The molecule has 0 bridgehead atoms. The number of nitrogens with zero attached hydrogens (tertiary/aromatic N) is 2. The zero-order chi connectivity index (χ0) is 17.8. The Bertz CT molecular complexity index is 471. The SMILES string of the molecule is CCNC(=NCC(c1ccc(CC)cc1)N(C)C)NCCOCC. The number of ether oxygens (including phenoxy) is 1. The third-order valence-corrected chi connectivity index (χ3v) is 3.91. The van der Waals surface area contributed by atoms with E-state index in [9.17, 15) is 0 Å². The first-order valence-electron chi connectivity index (χ1n) is 8.97. The number of aliphatic imine (C=N–C) groups is 1. The Balaban J connectivity index is 2.72. The molecular weight excluding hydrogens is 300 g/mol. The highest BCUT2D eigenvalue weighted by atomic mass is 16.5. The van der Waals surface area contributed by atoms with Crippen molar-refractivity contribution >= 4 is 5.96 Å². The number of rotatable bonds is 10. The van der Waals surface area contributed by atoms with Gasteiger partial charge in [0, 0.05) is 19.7 Å². The molecule has 24 heavy (non-hydrogen) atoms. The lowest BCUT2D eigenvalue weighted by atomic mass is 10.0. The van der Waals surface area contributed by atoms with Gasteiger partial charge in [-0.2, -0.15) is 0 Å². The second kappa shape index (κ2) is 11.9. The van der Waals surface area contributed by atoms with Gasteiger partial charge >= 0.3 is 0 Å². The Morgan fingerprint density at radius 2 is 1.83 bits per heavy atom. The quantitative estimate of drug-likeness (QED) is 0.392. The fraction of sp³-hybridized carbons (Fsp3) is 0.632. The van der Waals surface area contributed by atoms with E-state index in [4.69, 9.17) is 9.73 Å². The van der Waals surface area contributed by atoms with E-state index in [0.717, 1.165) is 32.1 Å². The number of guanidine groups is 1. The zero-order valence-corrected chi connectivity index (χ0v) is 15.9. The molecule has 0 aliphatic carbocycles. The number of benzene rings is 1. The molecule has 1 aromatic rings. The van der Waals surface area contributed by atoms with Crippen molar-refractivity contribution in [3.8, 4) is 0 Å². The van der Waals surface area contributed by atoms with Gasteiger partial charge in [0.25, 0.3) is 0 Å². The second-order valence-electron chi connectivity index (χ2n) is 5.92. The Morgan fingerprint density at radius 1 is 1.12 bits per heavy atom. The largest absolute Gasteiger partial charge is 0.380 e. The highest BCUT2D eigenvalue weighted by molar-refractivity contribution is 5.79. The Labute approximate surface area is 147 Å². The normalized spacial score (nSPS) is 13.2. The van der Waals surface area contributed by atoms with Crippen LogP contribution in [0.2, 0.25) is 0 Å². The van der Waals surface area contributed by atoms with E-state index in [1.54, 1.807) is 0 Å². The van der Waals surface area contributed by atoms with Crippen molar-refractivity contribution in [1.29, 1.82) is 0 Å². The fourth-order valence-corrected chi connectivity index (χ4v) is 2.45. The van der Waals surface area contributed by atoms with Gasteiger partial charge in [-0.15, -0.1) is 0 Å². The van der Waals surface area contributed by atoms with Crippen LogP contribution >= 0.6 is 0 Å². The average Bonchev–Trinajstić information content (AvgIpc) is 2.59. The molecule has 0 saturated heterocycles. The van der Waals surface area contributed by atoms with Crippen molar-refractivity contribution in [3.63, 3.8) is 0 Å². The van der Waals surface area contributed by atoms with Crippen molar-refractivity contribution in [1.82, 2.24) is 15.5 Å². The Hall–Kier alpha value is -1.59. The summed E-state index contributed by atoms with van der Waals surface area (Å²) in [5, 5.41) is 6.60. The molecule has 1 atom stereocenters. The van der Waals surface area contributed by atoms with Gasteiger partial charge in [-0.05, 0) is 45.5 Å². The van der Waals surface area contributed by atoms with Gasteiger partial charge in [-0.1, -0.05) is 31.2 Å². The first-order chi connectivity index (χ1) is 11.6.